The summed E-state index contributed by atoms with van der Waals surface area (Å²) < 4.78 is 13.0. The summed E-state index contributed by atoms with van der Waals surface area (Å²) in [6.07, 6.45) is 0. The molecule has 3 heterocycles. The van der Waals surface area contributed by atoms with Crippen molar-refractivity contribution in [3.63, 3.8) is 0 Å². The number of hydrogen-bond donors (Lipinski definition) is 0. The first-order valence-electron chi connectivity index (χ1n) is 15.4. The van der Waals surface area contributed by atoms with Gasteiger partial charge in [0.2, 0.25) is 0 Å². The molecule has 0 aliphatic rings. The van der Waals surface area contributed by atoms with Gasteiger partial charge < -0.3 is 8.83 Å². The van der Waals surface area contributed by atoms with Crippen molar-refractivity contribution in [1.29, 1.82) is 0 Å². The van der Waals surface area contributed by atoms with E-state index in [1.165, 1.54) is 21.9 Å². The second-order valence-electron chi connectivity index (χ2n) is 11.8. The molecule has 0 radical (unpaired) electrons. The van der Waals surface area contributed by atoms with Crippen LogP contribution in [0, 0.1) is 0 Å². The summed E-state index contributed by atoms with van der Waals surface area (Å²) in [6, 6.07) is 50.4. The molecule has 4 nitrogen and oxygen atoms in total. The fourth-order valence-corrected chi connectivity index (χ4v) is 6.85. The monoisotopic (exact) mass is 588 g/mol. The Labute approximate surface area is 263 Å². The molecule has 0 aliphatic carbocycles. The van der Waals surface area contributed by atoms with E-state index < -0.39 is 0 Å². The highest BCUT2D eigenvalue weighted by Crippen LogP contribution is 2.42. The van der Waals surface area contributed by atoms with Crippen LogP contribution < -0.4 is 0 Å². The Kier molecular flexibility index (Phi) is 5.25. The van der Waals surface area contributed by atoms with E-state index in [0.29, 0.717) is 11.4 Å². The van der Waals surface area contributed by atoms with E-state index in [1.807, 2.05) is 24.3 Å². The van der Waals surface area contributed by atoms with Crippen LogP contribution in [0.5, 0.6) is 0 Å². The summed E-state index contributed by atoms with van der Waals surface area (Å²) in [5.41, 5.74) is 8.99. The van der Waals surface area contributed by atoms with Crippen LogP contribution in [0.25, 0.3) is 99.3 Å². The van der Waals surface area contributed by atoms with E-state index in [1.54, 1.807) is 0 Å². The quantitative estimate of drug-likeness (QED) is 0.206. The molecule has 7 aromatic carbocycles. The standard InChI is InChI=1S/C42H24N2O2/c1-2-11-26(12-3-1)33-24-35-34-23-28(20-21-37(34)45-40(35)31-15-7-6-14-30(31)33)38-41-39(32-16-8-9-17-36(32)46-41)44-42(43-38)29-19-18-25-10-4-5-13-27(25)22-29/h1-24H. The van der Waals surface area contributed by atoms with Crippen LogP contribution in [0.2, 0.25) is 0 Å². The number of benzene rings is 7. The van der Waals surface area contributed by atoms with Crippen molar-refractivity contribution in [2.24, 2.45) is 0 Å². The number of aromatic nitrogens is 2. The summed E-state index contributed by atoms with van der Waals surface area (Å²) in [5.74, 6) is 0.661. The van der Waals surface area contributed by atoms with Crippen LogP contribution in [-0.4, -0.2) is 9.97 Å². The zero-order valence-electron chi connectivity index (χ0n) is 24.6. The highest BCUT2D eigenvalue weighted by atomic mass is 16.3. The van der Waals surface area contributed by atoms with Gasteiger partial charge in [0.05, 0.1) is 0 Å². The number of nitrogens with zero attached hydrogens (tertiary/aromatic N) is 2. The largest absolute Gasteiger partial charge is 0.455 e. The van der Waals surface area contributed by atoms with Crippen LogP contribution in [0.3, 0.4) is 0 Å². The number of hydrogen-bond acceptors (Lipinski definition) is 4. The Morgan fingerprint density at radius 3 is 1.98 bits per heavy atom. The van der Waals surface area contributed by atoms with Gasteiger partial charge in [-0.3, -0.25) is 0 Å². The first-order chi connectivity index (χ1) is 22.8. The third-order valence-corrected chi connectivity index (χ3v) is 9.06. The molecular formula is C42H24N2O2. The molecule has 0 spiro atoms. The lowest BCUT2D eigenvalue weighted by Gasteiger charge is -2.08. The van der Waals surface area contributed by atoms with Crippen molar-refractivity contribution in [1.82, 2.24) is 9.97 Å². The molecule has 214 valence electrons. The Balaban J connectivity index is 1.25. The van der Waals surface area contributed by atoms with Crippen LogP contribution in [0.1, 0.15) is 0 Å². The first-order valence-corrected chi connectivity index (χ1v) is 15.4. The summed E-state index contributed by atoms with van der Waals surface area (Å²) in [4.78, 5) is 10.3. The molecular weight excluding hydrogens is 564 g/mol. The molecule has 0 saturated heterocycles. The summed E-state index contributed by atoms with van der Waals surface area (Å²) in [6.45, 7) is 0. The van der Waals surface area contributed by atoms with E-state index in [4.69, 9.17) is 18.8 Å². The van der Waals surface area contributed by atoms with Crippen molar-refractivity contribution in [2.45, 2.75) is 0 Å². The molecule has 10 rings (SSSR count). The number of rotatable bonds is 3. The Hall–Kier alpha value is -6.26. The highest BCUT2D eigenvalue weighted by molar-refractivity contribution is 6.20. The zero-order chi connectivity index (χ0) is 30.2. The molecule has 0 saturated carbocycles. The molecule has 4 heteroatoms. The minimum atomic E-state index is 0.661. The molecule has 0 fully saturated rings. The van der Waals surface area contributed by atoms with E-state index in [0.717, 1.165) is 66.0 Å². The molecule has 46 heavy (non-hydrogen) atoms. The molecule has 10 aromatic rings. The molecule has 0 amide bonds. The third kappa shape index (κ3) is 3.74. The normalized spacial score (nSPS) is 11.9. The average molecular weight is 589 g/mol. The fraction of sp³-hybridized carbons (Fsp3) is 0. The minimum Gasteiger partial charge on any atom is -0.455 e. The Morgan fingerprint density at radius 1 is 0.391 bits per heavy atom. The van der Waals surface area contributed by atoms with Gasteiger partial charge in [-0.15, -0.1) is 0 Å². The van der Waals surface area contributed by atoms with Gasteiger partial charge in [0, 0.05) is 32.7 Å². The van der Waals surface area contributed by atoms with Gasteiger partial charge in [-0.05, 0) is 69.8 Å². The maximum absolute atomic E-state index is 6.56. The zero-order valence-corrected chi connectivity index (χ0v) is 24.6. The van der Waals surface area contributed by atoms with Crippen molar-refractivity contribution in [2.75, 3.05) is 0 Å². The van der Waals surface area contributed by atoms with Crippen LogP contribution >= 0.6 is 0 Å². The van der Waals surface area contributed by atoms with Gasteiger partial charge in [-0.25, -0.2) is 9.97 Å². The van der Waals surface area contributed by atoms with Gasteiger partial charge in [0.1, 0.15) is 28.0 Å². The number of fused-ring (bicyclic) bond motifs is 9. The Bertz CT molecular complexity index is 2810. The van der Waals surface area contributed by atoms with E-state index in [-0.39, 0.29) is 0 Å². The minimum absolute atomic E-state index is 0.661. The second-order valence-corrected chi connectivity index (χ2v) is 11.8. The lowest BCUT2D eigenvalue weighted by Crippen LogP contribution is -1.94. The van der Waals surface area contributed by atoms with Crippen molar-refractivity contribution < 1.29 is 8.83 Å². The number of furan rings is 2. The van der Waals surface area contributed by atoms with E-state index >= 15 is 0 Å². The van der Waals surface area contributed by atoms with Crippen molar-refractivity contribution >= 4 is 65.6 Å². The average Bonchev–Trinajstić information content (AvgIpc) is 3.69. The summed E-state index contributed by atoms with van der Waals surface area (Å²) in [7, 11) is 0. The molecule has 0 bridgehead atoms. The lowest BCUT2D eigenvalue weighted by atomic mass is 9.95. The Morgan fingerprint density at radius 2 is 1.09 bits per heavy atom. The molecule has 0 aliphatic heterocycles. The van der Waals surface area contributed by atoms with Crippen molar-refractivity contribution in [3.05, 3.63) is 146 Å². The molecule has 0 atom stereocenters. The van der Waals surface area contributed by atoms with Gasteiger partial charge in [-0.2, -0.15) is 0 Å². The topological polar surface area (TPSA) is 52.1 Å². The second kappa shape index (κ2) is 9.62. The summed E-state index contributed by atoms with van der Waals surface area (Å²) >= 11 is 0. The predicted molar refractivity (Wildman–Crippen MR) is 188 cm³/mol. The SMILES string of the molecule is c1ccc(-c2cc3c4cc(-c5nc(-c6ccc7ccccc7c6)nc6c5oc5ccccc56)ccc4oc3c3ccccc23)cc1. The smallest absolute Gasteiger partial charge is 0.180 e. The van der Waals surface area contributed by atoms with Gasteiger partial charge in [-0.1, -0.05) is 103 Å². The van der Waals surface area contributed by atoms with E-state index in [2.05, 4.69) is 121 Å². The predicted octanol–water partition coefficient (Wildman–Crippen LogP) is 11.6. The van der Waals surface area contributed by atoms with Gasteiger partial charge in [0.15, 0.2) is 11.4 Å². The van der Waals surface area contributed by atoms with Crippen LogP contribution in [-0.2, 0) is 0 Å². The highest BCUT2D eigenvalue weighted by Gasteiger charge is 2.20. The van der Waals surface area contributed by atoms with Crippen LogP contribution in [0.15, 0.2) is 154 Å². The molecule has 0 unspecified atom stereocenters. The van der Waals surface area contributed by atoms with Gasteiger partial charge >= 0.3 is 0 Å². The first kappa shape index (κ1) is 25.1. The molecule has 3 aromatic heterocycles. The number of para-hydroxylation sites is 1. The van der Waals surface area contributed by atoms with Crippen molar-refractivity contribution in [3.8, 4) is 33.8 Å². The van der Waals surface area contributed by atoms with Gasteiger partial charge in [0.25, 0.3) is 0 Å². The fourth-order valence-electron chi connectivity index (χ4n) is 6.85. The maximum atomic E-state index is 6.56. The lowest BCUT2D eigenvalue weighted by molar-refractivity contribution is 0.667. The van der Waals surface area contributed by atoms with E-state index in [9.17, 15) is 0 Å². The maximum Gasteiger partial charge on any atom is 0.180 e. The van der Waals surface area contributed by atoms with Crippen LogP contribution in [0.4, 0.5) is 0 Å². The third-order valence-electron chi connectivity index (χ3n) is 9.06. The summed E-state index contributed by atoms with van der Waals surface area (Å²) in [5, 5.41) is 7.66. The molecule has 0 N–H and O–H groups in total.